The van der Waals surface area contributed by atoms with Crippen molar-refractivity contribution in [1.29, 1.82) is 0 Å². The molecule has 0 aromatic heterocycles. The lowest BCUT2D eigenvalue weighted by Gasteiger charge is -2.31. The molecule has 2 aromatic rings. The largest absolute Gasteiger partial charge is 0.352 e. The molecular formula is C25H33FN2O2S. The Bertz CT molecular complexity index is 857. The van der Waals surface area contributed by atoms with Crippen LogP contribution >= 0.6 is 11.8 Å². The van der Waals surface area contributed by atoms with E-state index in [1.165, 1.54) is 23.3 Å². The second-order valence-electron chi connectivity index (χ2n) is 7.81. The minimum absolute atomic E-state index is 0.0414. The number of hydrogen-bond donors (Lipinski definition) is 1. The summed E-state index contributed by atoms with van der Waals surface area (Å²) in [5.74, 6) is 0.462. The highest BCUT2D eigenvalue weighted by molar-refractivity contribution is 7.99. The third-order valence-corrected chi connectivity index (χ3v) is 6.36. The minimum Gasteiger partial charge on any atom is -0.352 e. The summed E-state index contributed by atoms with van der Waals surface area (Å²) in [6.45, 7) is 8.21. The summed E-state index contributed by atoms with van der Waals surface area (Å²) in [6.07, 6.45) is 1.33. The predicted molar refractivity (Wildman–Crippen MR) is 126 cm³/mol. The van der Waals surface area contributed by atoms with E-state index in [0.29, 0.717) is 6.42 Å². The van der Waals surface area contributed by atoms with Gasteiger partial charge in [0.2, 0.25) is 11.8 Å². The maximum Gasteiger partial charge on any atom is 0.243 e. The first-order valence-corrected chi connectivity index (χ1v) is 12.0. The fraction of sp³-hybridized carbons (Fsp3) is 0.440. The van der Waals surface area contributed by atoms with Gasteiger partial charge in [0.15, 0.2) is 0 Å². The molecule has 4 nitrogen and oxygen atoms in total. The molecule has 2 amide bonds. The summed E-state index contributed by atoms with van der Waals surface area (Å²) in [7, 11) is 0. The number of hydrogen-bond acceptors (Lipinski definition) is 3. The second-order valence-corrected chi connectivity index (χ2v) is 8.79. The quantitative estimate of drug-likeness (QED) is 0.525. The van der Waals surface area contributed by atoms with Crippen LogP contribution in [0.15, 0.2) is 48.5 Å². The van der Waals surface area contributed by atoms with Crippen LogP contribution in [0.25, 0.3) is 0 Å². The number of nitrogens with one attached hydrogen (secondary N) is 1. The molecule has 0 aliphatic heterocycles. The molecule has 2 aromatic carbocycles. The van der Waals surface area contributed by atoms with Crippen molar-refractivity contribution in [2.45, 2.75) is 64.9 Å². The van der Waals surface area contributed by atoms with Gasteiger partial charge in [-0.1, -0.05) is 50.2 Å². The second kappa shape index (κ2) is 12.5. The minimum atomic E-state index is -0.564. The zero-order valence-electron chi connectivity index (χ0n) is 18.9. The SMILES string of the molecule is CC[C@H](C(=O)N[C@@H](C)CC)N(Cc1ccc(F)cc1)C(=O)CSCc1ccccc1C. The van der Waals surface area contributed by atoms with Gasteiger partial charge >= 0.3 is 0 Å². The highest BCUT2D eigenvalue weighted by Crippen LogP contribution is 2.19. The van der Waals surface area contributed by atoms with Crippen molar-refractivity contribution in [3.63, 3.8) is 0 Å². The maximum absolute atomic E-state index is 13.3. The molecule has 0 heterocycles. The Hall–Kier alpha value is -2.34. The fourth-order valence-corrected chi connectivity index (χ4v) is 4.24. The van der Waals surface area contributed by atoms with E-state index in [4.69, 9.17) is 0 Å². The number of rotatable bonds is 11. The van der Waals surface area contributed by atoms with Gasteiger partial charge in [-0.3, -0.25) is 9.59 Å². The summed E-state index contributed by atoms with van der Waals surface area (Å²) in [5.41, 5.74) is 3.20. The molecule has 0 saturated heterocycles. The van der Waals surface area contributed by atoms with E-state index in [0.717, 1.165) is 17.7 Å². The van der Waals surface area contributed by atoms with Gasteiger partial charge in [0.1, 0.15) is 11.9 Å². The number of amides is 2. The Morgan fingerprint density at radius 3 is 2.35 bits per heavy atom. The van der Waals surface area contributed by atoms with Crippen LogP contribution in [0, 0.1) is 12.7 Å². The van der Waals surface area contributed by atoms with Crippen LogP contribution in [0.2, 0.25) is 0 Å². The Morgan fingerprint density at radius 2 is 1.74 bits per heavy atom. The monoisotopic (exact) mass is 444 g/mol. The third kappa shape index (κ3) is 7.69. The summed E-state index contributed by atoms with van der Waals surface area (Å²) >= 11 is 1.55. The van der Waals surface area contributed by atoms with E-state index in [9.17, 15) is 14.0 Å². The molecule has 0 aliphatic carbocycles. The number of benzene rings is 2. The molecule has 1 N–H and O–H groups in total. The molecule has 0 radical (unpaired) electrons. The Morgan fingerprint density at radius 1 is 1.06 bits per heavy atom. The summed E-state index contributed by atoms with van der Waals surface area (Å²) < 4.78 is 13.3. The van der Waals surface area contributed by atoms with Gasteiger partial charge in [-0.15, -0.1) is 11.8 Å². The van der Waals surface area contributed by atoms with Crippen LogP contribution < -0.4 is 5.32 Å². The molecule has 0 saturated carbocycles. The predicted octanol–water partition coefficient (Wildman–Crippen LogP) is 5.09. The van der Waals surface area contributed by atoms with Gasteiger partial charge in [0.05, 0.1) is 5.75 Å². The molecule has 0 spiro atoms. The van der Waals surface area contributed by atoms with E-state index < -0.39 is 6.04 Å². The lowest BCUT2D eigenvalue weighted by Crippen LogP contribution is -2.51. The van der Waals surface area contributed by atoms with E-state index in [1.807, 2.05) is 32.9 Å². The van der Waals surface area contributed by atoms with Crippen molar-refractivity contribution in [3.05, 3.63) is 71.0 Å². The van der Waals surface area contributed by atoms with Crippen molar-refractivity contribution >= 4 is 23.6 Å². The summed E-state index contributed by atoms with van der Waals surface area (Å²) in [6, 6.07) is 13.7. The first kappa shape index (κ1) is 24.9. The molecule has 2 atom stereocenters. The molecule has 0 aliphatic rings. The normalized spacial score (nSPS) is 12.8. The number of carbonyl (C=O) groups is 2. The average Bonchev–Trinajstić information content (AvgIpc) is 2.76. The molecule has 168 valence electrons. The Labute approximate surface area is 189 Å². The summed E-state index contributed by atoms with van der Waals surface area (Å²) in [5, 5.41) is 3.00. The number of aryl methyl sites for hydroxylation is 1. The van der Waals surface area contributed by atoms with E-state index >= 15 is 0 Å². The van der Waals surface area contributed by atoms with Crippen LogP contribution in [0.5, 0.6) is 0 Å². The van der Waals surface area contributed by atoms with Crippen molar-refractivity contribution < 1.29 is 14.0 Å². The molecule has 6 heteroatoms. The standard InChI is InChI=1S/C25H33FN2O2S/c1-5-19(4)27-25(30)23(6-2)28(15-20-11-13-22(26)14-12-20)24(29)17-31-16-21-10-8-7-9-18(21)3/h7-14,19,23H,5-6,15-17H2,1-4H3,(H,27,30)/t19-,23+/m0/s1. The van der Waals surface area contributed by atoms with Crippen LogP contribution in [0.3, 0.4) is 0 Å². The topological polar surface area (TPSA) is 49.4 Å². The van der Waals surface area contributed by atoms with E-state index in [1.54, 1.807) is 28.8 Å². The van der Waals surface area contributed by atoms with Crippen LogP contribution in [0.1, 0.15) is 50.3 Å². The Balaban J connectivity index is 2.14. The number of thioether (sulfide) groups is 1. The highest BCUT2D eigenvalue weighted by Gasteiger charge is 2.29. The van der Waals surface area contributed by atoms with Gasteiger partial charge in [0, 0.05) is 18.3 Å². The van der Waals surface area contributed by atoms with Crippen LogP contribution in [0.4, 0.5) is 4.39 Å². The first-order chi connectivity index (χ1) is 14.8. The van der Waals surface area contributed by atoms with Crippen LogP contribution in [-0.4, -0.2) is 34.6 Å². The smallest absolute Gasteiger partial charge is 0.243 e. The molecule has 0 fully saturated rings. The first-order valence-electron chi connectivity index (χ1n) is 10.8. The van der Waals surface area contributed by atoms with Crippen molar-refractivity contribution in [1.82, 2.24) is 10.2 Å². The van der Waals surface area contributed by atoms with Crippen molar-refractivity contribution in [2.75, 3.05) is 5.75 Å². The van der Waals surface area contributed by atoms with Crippen molar-refractivity contribution in [2.24, 2.45) is 0 Å². The summed E-state index contributed by atoms with van der Waals surface area (Å²) in [4.78, 5) is 27.7. The molecular weight excluding hydrogens is 411 g/mol. The van der Waals surface area contributed by atoms with Gasteiger partial charge in [-0.05, 0) is 55.5 Å². The Kier molecular flexibility index (Phi) is 10.0. The number of halogens is 1. The van der Waals surface area contributed by atoms with Gasteiger partial charge in [-0.2, -0.15) is 0 Å². The molecule has 0 unspecified atom stereocenters. The number of carbonyl (C=O) groups excluding carboxylic acids is 2. The molecule has 31 heavy (non-hydrogen) atoms. The highest BCUT2D eigenvalue weighted by atomic mass is 32.2. The van der Waals surface area contributed by atoms with Gasteiger partial charge in [-0.25, -0.2) is 4.39 Å². The van der Waals surface area contributed by atoms with E-state index in [-0.39, 0.29) is 36.0 Å². The lowest BCUT2D eigenvalue weighted by atomic mass is 10.1. The van der Waals surface area contributed by atoms with Crippen molar-refractivity contribution in [3.8, 4) is 0 Å². The van der Waals surface area contributed by atoms with Crippen LogP contribution in [-0.2, 0) is 21.9 Å². The average molecular weight is 445 g/mol. The zero-order chi connectivity index (χ0) is 22.8. The lowest BCUT2D eigenvalue weighted by molar-refractivity contribution is -0.139. The van der Waals surface area contributed by atoms with E-state index in [2.05, 4.69) is 24.4 Å². The molecule has 2 rings (SSSR count). The number of nitrogens with zero attached hydrogens (tertiary/aromatic N) is 1. The van der Waals surface area contributed by atoms with Gasteiger partial charge in [0.25, 0.3) is 0 Å². The van der Waals surface area contributed by atoms with Gasteiger partial charge < -0.3 is 10.2 Å². The maximum atomic E-state index is 13.3. The zero-order valence-corrected chi connectivity index (χ0v) is 19.7. The fourth-order valence-electron chi connectivity index (χ4n) is 3.25. The molecule has 0 bridgehead atoms. The third-order valence-electron chi connectivity index (χ3n) is 5.40.